The lowest BCUT2D eigenvalue weighted by molar-refractivity contribution is -0.133. The van der Waals surface area contributed by atoms with Crippen LogP contribution in [0.15, 0.2) is 77.6 Å². The van der Waals surface area contributed by atoms with Crippen molar-refractivity contribution in [1.82, 2.24) is 0 Å². The Hall–Kier alpha value is -2.61. The van der Waals surface area contributed by atoms with Crippen LogP contribution in [0.25, 0.3) is 6.08 Å². The lowest BCUT2D eigenvalue weighted by Gasteiger charge is -2.09. The largest absolute Gasteiger partial charge is 0.423 e. The maximum Gasteiger partial charge on any atom is 0.340 e. The number of carbonyl (C=O) groups excluding carboxylic acids is 1. The predicted octanol–water partition coefficient (Wildman–Crippen LogP) is 5.17. The van der Waals surface area contributed by atoms with Crippen LogP contribution in [0.5, 0.6) is 0 Å². The van der Waals surface area contributed by atoms with Crippen LogP contribution in [0.2, 0.25) is 0 Å². The third-order valence-corrected chi connectivity index (χ3v) is 4.04. The Morgan fingerprint density at radius 3 is 2.17 bits per heavy atom. The minimum Gasteiger partial charge on any atom is -0.423 e. The van der Waals surface area contributed by atoms with Crippen LogP contribution in [0, 0.1) is 5.92 Å². The summed E-state index contributed by atoms with van der Waals surface area (Å²) in [6.45, 7) is 4.33. The fourth-order valence-corrected chi connectivity index (χ4v) is 2.92. The third-order valence-electron chi connectivity index (χ3n) is 4.04. The van der Waals surface area contributed by atoms with Crippen LogP contribution in [0.4, 0.5) is 0 Å². The maximum atomic E-state index is 12.5. The minimum atomic E-state index is -0.211. The quantitative estimate of drug-likeness (QED) is 0.711. The Kier molecular flexibility index (Phi) is 4.95. The minimum absolute atomic E-state index is 0.211. The van der Waals surface area contributed by atoms with E-state index in [1.165, 1.54) is 0 Å². The first-order valence-corrected chi connectivity index (χ1v) is 8.38. The molecule has 0 amide bonds. The molecule has 0 bridgehead atoms. The summed E-state index contributed by atoms with van der Waals surface area (Å²) in [6.07, 6.45) is 3.42. The van der Waals surface area contributed by atoms with Gasteiger partial charge in [0, 0.05) is 17.6 Å². The van der Waals surface area contributed by atoms with E-state index >= 15 is 0 Å². The molecule has 0 saturated heterocycles. The first-order chi connectivity index (χ1) is 11.6. The van der Waals surface area contributed by atoms with E-state index in [1.807, 2.05) is 66.7 Å². The molecule has 0 unspecified atom stereocenters. The van der Waals surface area contributed by atoms with Gasteiger partial charge in [0.15, 0.2) is 0 Å². The summed E-state index contributed by atoms with van der Waals surface area (Å²) in [6, 6.07) is 20.1. The summed E-state index contributed by atoms with van der Waals surface area (Å²) < 4.78 is 5.61. The van der Waals surface area contributed by atoms with Crippen molar-refractivity contribution in [1.29, 1.82) is 0 Å². The maximum absolute atomic E-state index is 12.5. The van der Waals surface area contributed by atoms with Crippen LogP contribution < -0.4 is 0 Å². The second-order valence-electron chi connectivity index (χ2n) is 6.53. The van der Waals surface area contributed by atoms with Gasteiger partial charge in [-0.15, -0.1) is 0 Å². The van der Waals surface area contributed by atoms with Gasteiger partial charge >= 0.3 is 5.97 Å². The predicted molar refractivity (Wildman–Crippen MR) is 97.1 cm³/mol. The van der Waals surface area contributed by atoms with E-state index in [-0.39, 0.29) is 5.97 Å². The molecular weight excluding hydrogens is 296 g/mol. The highest BCUT2D eigenvalue weighted by atomic mass is 16.5. The Balaban J connectivity index is 1.98. The topological polar surface area (TPSA) is 26.3 Å². The molecular formula is C22H22O2. The van der Waals surface area contributed by atoms with E-state index in [0.717, 1.165) is 28.7 Å². The van der Waals surface area contributed by atoms with E-state index in [0.29, 0.717) is 18.1 Å². The molecule has 1 heterocycles. The fourth-order valence-electron chi connectivity index (χ4n) is 2.92. The Morgan fingerprint density at radius 1 is 0.917 bits per heavy atom. The van der Waals surface area contributed by atoms with Crippen molar-refractivity contribution in [3.05, 3.63) is 88.7 Å². The smallest absolute Gasteiger partial charge is 0.340 e. The van der Waals surface area contributed by atoms with Crippen LogP contribution in [0.3, 0.4) is 0 Å². The Morgan fingerprint density at radius 2 is 1.54 bits per heavy atom. The summed E-state index contributed by atoms with van der Waals surface area (Å²) in [5.41, 5.74) is 4.01. The number of allylic oxidation sites excluding steroid dienone is 1. The van der Waals surface area contributed by atoms with Gasteiger partial charge in [-0.3, -0.25) is 0 Å². The van der Waals surface area contributed by atoms with Gasteiger partial charge in [0.1, 0.15) is 5.76 Å². The number of ether oxygens (including phenoxy) is 1. The second kappa shape index (κ2) is 7.31. The lowest BCUT2D eigenvalue weighted by Crippen LogP contribution is -2.03. The van der Waals surface area contributed by atoms with Gasteiger partial charge < -0.3 is 4.74 Å². The number of rotatable bonds is 5. The number of esters is 1. The molecule has 0 fully saturated rings. The lowest BCUT2D eigenvalue weighted by atomic mass is 9.94. The molecule has 2 aromatic carbocycles. The van der Waals surface area contributed by atoms with Gasteiger partial charge in [0.05, 0.1) is 0 Å². The first kappa shape index (κ1) is 16.3. The molecule has 2 heteroatoms. The van der Waals surface area contributed by atoms with Gasteiger partial charge in [0.25, 0.3) is 0 Å². The van der Waals surface area contributed by atoms with Crippen LogP contribution in [0.1, 0.15) is 31.4 Å². The van der Waals surface area contributed by atoms with Gasteiger partial charge in [-0.05, 0) is 29.5 Å². The van der Waals surface area contributed by atoms with Crippen molar-refractivity contribution in [2.75, 3.05) is 0 Å². The Bertz CT molecular complexity index is 768. The van der Waals surface area contributed by atoms with Gasteiger partial charge in [0.2, 0.25) is 0 Å². The third kappa shape index (κ3) is 3.83. The van der Waals surface area contributed by atoms with E-state index in [2.05, 4.69) is 13.8 Å². The summed E-state index contributed by atoms with van der Waals surface area (Å²) in [5.74, 6) is 0.946. The number of hydrogen-bond donors (Lipinski definition) is 0. The average molecular weight is 318 g/mol. The molecule has 2 aromatic rings. The normalized spacial score (nSPS) is 16.1. The van der Waals surface area contributed by atoms with Crippen molar-refractivity contribution in [3.63, 3.8) is 0 Å². The number of benzene rings is 2. The zero-order valence-corrected chi connectivity index (χ0v) is 14.2. The summed E-state index contributed by atoms with van der Waals surface area (Å²) >= 11 is 0. The molecule has 0 spiro atoms. The van der Waals surface area contributed by atoms with Gasteiger partial charge in [-0.25, -0.2) is 4.79 Å². The van der Waals surface area contributed by atoms with Gasteiger partial charge in [-0.1, -0.05) is 74.5 Å². The highest BCUT2D eigenvalue weighted by molar-refractivity contribution is 5.96. The summed E-state index contributed by atoms with van der Waals surface area (Å²) in [5, 5.41) is 0. The second-order valence-corrected chi connectivity index (χ2v) is 6.53. The molecule has 0 atom stereocenters. The first-order valence-electron chi connectivity index (χ1n) is 8.38. The fraction of sp³-hybridized carbons (Fsp3) is 0.227. The van der Waals surface area contributed by atoms with Crippen molar-refractivity contribution < 1.29 is 9.53 Å². The van der Waals surface area contributed by atoms with Crippen LogP contribution in [-0.4, -0.2) is 5.97 Å². The number of cyclic esters (lactones) is 1. The van der Waals surface area contributed by atoms with Crippen molar-refractivity contribution in [2.45, 2.75) is 26.7 Å². The summed E-state index contributed by atoms with van der Waals surface area (Å²) in [7, 11) is 0. The van der Waals surface area contributed by atoms with Crippen LogP contribution >= 0.6 is 0 Å². The SMILES string of the molecule is CC(C)CC1=C(Cc2ccccc2)C(=O)O/C1=C/c1ccccc1. The zero-order chi connectivity index (χ0) is 16.9. The molecule has 1 aliphatic heterocycles. The molecule has 0 radical (unpaired) electrons. The van der Waals surface area contributed by atoms with Crippen molar-refractivity contribution >= 4 is 12.0 Å². The van der Waals surface area contributed by atoms with Crippen LogP contribution in [-0.2, 0) is 16.0 Å². The number of hydrogen-bond acceptors (Lipinski definition) is 2. The molecule has 0 aromatic heterocycles. The molecule has 1 aliphatic rings. The average Bonchev–Trinajstić information content (AvgIpc) is 2.85. The molecule has 3 rings (SSSR count). The van der Waals surface area contributed by atoms with E-state index in [1.54, 1.807) is 0 Å². The molecule has 0 saturated carbocycles. The molecule has 0 aliphatic carbocycles. The highest BCUT2D eigenvalue weighted by Crippen LogP contribution is 2.34. The van der Waals surface area contributed by atoms with Crippen molar-refractivity contribution in [2.24, 2.45) is 5.92 Å². The van der Waals surface area contributed by atoms with E-state index in [9.17, 15) is 4.79 Å². The standard InChI is InChI=1S/C22H22O2/c1-16(2)13-19-20(14-17-9-5-3-6-10-17)22(23)24-21(19)15-18-11-7-4-8-12-18/h3-12,15-16H,13-14H2,1-2H3/b21-15+. The molecule has 2 nitrogen and oxygen atoms in total. The molecule has 0 N–H and O–H groups in total. The van der Waals surface area contributed by atoms with Gasteiger partial charge in [-0.2, -0.15) is 0 Å². The number of carbonyl (C=O) groups is 1. The summed E-state index contributed by atoms with van der Waals surface area (Å²) in [4.78, 5) is 12.5. The monoisotopic (exact) mass is 318 g/mol. The van der Waals surface area contributed by atoms with E-state index < -0.39 is 0 Å². The molecule has 24 heavy (non-hydrogen) atoms. The van der Waals surface area contributed by atoms with E-state index in [4.69, 9.17) is 4.74 Å². The Labute approximate surface area is 143 Å². The zero-order valence-electron chi connectivity index (χ0n) is 14.2. The van der Waals surface area contributed by atoms with Crippen molar-refractivity contribution in [3.8, 4) is 0 Å². The highest BCUT2D eigenvalue weighted by Gasteiger charge is 2.29. The molecule has 122 valence electrons.